The molecular weight excluding hydrogens is 244 g/mol. The summed E-state index contributed by atoms with van der Waals surface area (Å²) in [6.45, 7) is 2.26. The minimum absolute atomic E-state index is 0.0803. The molecule has 3 rings (SSSR count). The molecule has 0 saturated heterocycles. The van der Waals surface area contributed by atoms with Crippen LogP contribution in [0.5, 0.6) is 0 Å². The maximum absolute atomic E-state index is 5.40. The highest BCUT2D eigenvalue weighted by Gasteiger charge is 2.33. The van der Waals surface area contributed by atoms with Gasteiger partial charge in [-0.05, 0) is 44.1 Å². The number of nitrogens with one attached hydrogen (secondary N) is 1. The third kappa shape index (κ3) is 1.79. The van der Waals surface area contributed by atoms with Gasteiger partial charge in [-0.3, -0.25) is 14.6 Å². The quantitative estimate of drug-likeness (QED) is 0.843. The van der Waals surface area contributed by atoms with Crippen LogP contribution in [0.1, 0.15) is 32.6 Å². The van der Waals surface area contributed by atoms with E-state index in [1.54, 1.807) is 6.20 Å². The molecule has 0 bridgehead atoms. The average Bonchev–Trinajstić information content (AvgIpc) is 2.98. The van der Waals surface area contributed by atoms with Gasteiger partial charge < -0.3 is 0 Å². The van der Waals surface area contributed by atoms with Crippen molar-refractivity contribution in [1.82, 2.24) is 19.7 Å². The Balaban J connectivity index is 2.16. The van der Waals surface area contributed by atoms with Crippen molar-refractivity contribution in [2.75, 3.05) is 0 Å². The Kier molecular flexibility index (Phi) is 2.78. The van der Waals surface area contributed by atoms with E-state index in [9.17, 15) is 0 Å². The molecule has 1 N–H and O–H groups in total. The highest BCUT2D eigenvalue weighted by atomic mass is 32.1. The van der Waals surface area contributed by atoms with E-state index in [0.717, 1.165) is 24.4 Å². The number of nitrogens with zero attached hydrogens (tertiary/aromatic N) is 3. The Morgan fingerprint density at radius 1 is 1.33 bits per heavy atom. The minimum Gasteiger partial charge on any atom is -0.293 e. The molecule has 2 aromatic rings. The smallest absolute Gasteiger partial charge is 0.196 e. The predicted octanol–water partition coefficient (Wildman–Crippen LogP) is 3.29. The summed E-state index contributed by atoms with van der Waals surface area (Å²) in [6.07, 6.45) is 6.60. The Morgan fingerprint density at radius 2 is 2.11 bits per heavy atom. The molecule has 2 heterocycles. The summed E-state index contributed by atoms with van der Waals surface area (Å²) in [7, 11) is 0. The molecule has 1 fully saturated rings. The minimum atomic E-state index is 0.0803. The third-order valence-electron chi connectivity index (χ3n) is 3.79. The fraction of sp³-hybridized carbons (Fsp3) is 0.462. The Labute approximate surface area is 111 Å². The summed E-state index contributed by atoms with van der Waals surface area (Å²) >= 11 is 5.40. The Bertz CT molecular complexity index is 593. The van der Waals surface area contributed by atoms with Crippen LogP contribution in [0.2, 0.25) is 0 Å². The molecule has 18 heavy (non-hydrogen) atoms. The second kappa shape index (κ2) is 4.31. The first kappa shape index (κ1) is 11.6. The van der Waals surface area contributed by atoms with Gasteiger partial charge in [0.1, 0.15) is 5.69 Å². The van der Waals surface area contributed by atoms with Gasteiger partial charge in [0.15, 0.2) is 10.6 Å². The fourth-order valence-electron chi connectivity index (χ4n) is 2.82. The summed E-state index contributed by atoms with van der Waals surface area (Å²) < 4.78 is 2.84. The van der Waals surface area contributed by atoms with Gasteiger partial charge in [-0.25, -0.2) is 0 Å². The standard InChI is InChI=1S/C13H16N4S/c1-13(7-3-4-8-13)17-11(15-16-12(17)18)10-6-2-5-9-14-10/h2,5-6,9H,3-4,7-8H2,1H3,(H,16,18). The molecule has 2 aromatic heterocycles. The number of rotatable bonds is 2. The van der Waals surface area contributed by atoms with Crippen LogP contribution in [0.4, 0.5) is 0 Å². The fourth-order valence-corrected chi connectivity index (χ4v) is 3.18. The molecule has 0 radical (unpaired) electrons. The van der Waals surface area contributed by atoms with E-state index >= 15 is 0 Å². The molecule has 1 saturated carbocycles. The van der Waals surface area contributed by atoms with Gasteiger partial charge in [0.2, 0.25) is 0 Å². The molecule has 0 amide bonds. The molecule has 1 aliphatic rings. The van der Waals surface area contributed by atoms with E-state index < -0.39 is 0 Å². The van der Waals surface area contributed by atoms with Crippen molar-refractivity contribution >= 4 is 12.2 Å². The molecular formula is C13H16N4S. The van der Waals surface area contributed by atoms with Crippen molar-refractivity contribution in [3.63, 3.8) is 0 Å². The van der Waals surface area contributed by atoms with Crippen molar-refractivity contribution in [2.45, 2.75) is 38.1 Å². The van der Waals surface area contributed by atoms with Crippen LogP contribution in [0.15, 0.2) is 24.4 Å². The monoisotopic (exact) mass is 260 g/mol. The number of hydrogen-bond acceptors (Lipinski definition) is 3. The van der Waals surface area contributed by atoms with Crippen LogP contribution in [0.3, 0.4) is 0 Å². The summed E-state index contributed by atoms with van der Waals surface area (Å²) in [5.41, 5.74) is 0.953. The molecule has 94 valence electrons. The SMILES string of the molecule is CC1(n2c(-c3ccccn3)n[nH]c2=S)CCCC1. The average molecular weight is 260 g/mol. The lowest BCUT2D eigenvalue weighted by atomic mass is 10.00. The molecule has 0 unspecified atom stereocenters. The van der Waals surface area contributed by atoms with Crippen LogP contribution in [0, 0.1) is 4.77 Å². The maximum Gasteiger partial charge on any atom is 0.196 e. The van der Waals surface area contributed by atoms with Gasteiger partial charge in [0.05, 0.1) is 0 Å². The Hall–Kier alpha value is -1.49. The van der Waals surface area contributed by atoms with Crippen LogP contribution in [-0.2, 0) is 5.54 Å². The van der Waals surface area contributed by atoms with Crippen molar-refractivity contribution < 1.29 is 0 Å². The van der Waals surface area contributed by atoms with E-state index in [4.69, 9.17) is 12.2 Å². The summed E-state index contributed by atoms with van der Waals surface area (Å²) in [6, 6.07) is 5.85. The van der Waals surface area contributed by atoms with Crippen LogP contribution in [0.25, 0.3) is 11.5 Å². The second-order valence-corrected chi connectivity index (χ2v) is 5.49. The highest BCUT2D eigenvalue weighted by molar-refractivity contribution is 7.71. The van der Waals surface area contributed by atoms with Gasteiger partial charge >= 0.3 is 0 Å². The van der Waals surface area contributed by atoms with Gasteiger partial charge in [-0.2, -0.15) is 5.10 Å². The van der Waals surface area contributed by atoms with Crippen molar-refractivity contribution in [2.24, 2.45) is 0 Å². The zero-order valence-electron chi connectivity index (χ0n) is 10.4. The number of H-pyrrole nitrogens is 1. The first-order valence-corrected chi connectivity index (χ1v) is 6.71. The molecule has 0 aromatic carbocycles. The normalized spacial score (nSPS) is 18.1. The van der Waals surface area contributed by atoms with E-state index in [-0.39, 0.29) is 5.54 Å². The molecule has 4 nitrogen and oxygen atoms in total. The van der Waals surface area contributed by atoms with Crippen LogP contribution < -0.4 is 0 Å². The second-order valence-electron chi connectivity index (χ2n) is 5.11. The zero-order valence-corrected chi connectivity index (χ0v) is 11.2. The molecule has 5 heteroatoms. The first-order chi connectivity index (χ1) is 8.71. The van der Waals surface area contributed by atoms with Gasteiger partial charge in [-0.15, -0.1) is 0 Å². The predicted molar refractivity (Wildman–Crippen MR) is 72.8 cm³/mol. The lowest BCUT2D eigenvalue weighted by Gasteiger charge is -2.26. The van der Waals surface area contributed by atoms with E-state index in [1.807, 2.05) is 18.2 Å². The largest absolute Gasteiger partial charge is 0.293 e. The number of aromatic amines is 1. The van der Waals surface area contributed by atoms with E-state index in [1.165, 1.54) is 12.8 Å². The molecule has 0 aliphatic heterocycles. The van der Waals surface area contributed by atoms with E-state index in [0.29, 0.717) is 4.77 Å². The van der Waals surface area contributed by atoms with Crippen LogP contribution in [-0.4, -0.2) is 19.7 Å². The van der Waals surface area contributed by atoms with Gasteiger partial charge in [0, 0.05) is 11.7 Å². The third-order valence-corrected chi connectivity index (χ3v) is 4.06. The van der Waals surface area contributed by atoms with Gasteiger partial charge in [0.25, 0.3) is 0 Å². The zero-order chi connectivity index (χ0) is 12.6. The summed E-state index contributed by atoms with van der Waals surface area (Å²) in [5.74, 6) is 0.852. The maximum atomic E-state index is 5.40. The topological polar surface area (TPSA) is 46.5 Å². The molecule has 0 spiro atoms. The van der Waals surface area contributed by atoms with Crippen LogP contribution >= 0.6 is 12.2 Å². The van der Waals surface area contributed by atoms with Gasteiger partial charge in [-0.1, -0.05) is 18.9 Å². The van der Waals surface area contributed by atoms with Crippen molar-refractivity contribution in [3.05, 3.63) is 29.2 Å². The lowest BCUT2D eigenvalue weighted by molar-refractivity contribution is 0.328. The molecule has 0 atom stereocenters. The highest BCUT2D eigenvalue weighted by Crippen LogP contribution is 2.38. The van der Waals surface area contributed by atoms with Crippen molar-refractivity contribution in [3.8, 4) is 11.5 Å². The number of pyridine rings is 1. The number of aromatic nitrogens is 4. The Morgan fingerprint density at radius 3 is 2.78 bits per heavy atom. The summed E-state index contributed by atoms with van der Waals surface area (Å²) in [4.78, 5) is 4.38. The van der Waals surface area contributed by atoms with E-state index in [2.05, 4.69) is 26.7 Å². The number of hydrogen-bond donors (Lipinski definition) is 1. The van der Waals surface area contributed by atoms with Crippen molar-refractivity contribution in [1.29, 1.82) is 0 Å². The summed E-state index contributed by atoms with van der Waals surface area (Å²) in [5, 5.41) is 7.27. The first-order valence-electron chi connectivity index (χ1n) is 6.30. The molecule has 1 aliphatic carbocycles. The lowest BCUT2D eigenvalue weighted by Crippen LogP contribution is -2.27.